The van der Waals surface area contributed by atoms with Gasteiger partial charge in [-0.3, -0.25) is 0 Å². The maximum atomic E-state index is 11.4. The Bertz CT molecular complexity index is 495. The first kappa shape index (κ1) is 13.7. The molecule has 0 aromatic heterocycles. The number of fused-ring (bicyclic) bond motifs is 1. The zero-order chi connectivity index (χ0) is 13.8. The van der Waals surface area contributed by atoms with E-state index in [0.717, 1.165) is 19.3 Å². The second kappa shape index (κ2) is 5.95. The van der Waals surface area contributed by atoms with Crippen LogP contribution in [0.1, 0.15) is 58.1 Å². The van der Waals surface area contributed by atoms with Gasteiger partial charge in [0.25, 0.3) is 0 Å². The van der Waals surface area contributed by atoms with Crippen molar-refractivity contribution in [2.24, 2.45) is 0 Å². The van der Waals surface area contributed by atoms with Crippen molar-refractivity contribution in [3.05, 3.63) is 34.9 Å². The molecule has 102 valence electrons. The van der Waals surface area contributed by atoms with Crippen molar-refractivity contribution >= 4 is 11.9 Å². The molecule has 5 heteroatoms. The number of benzene rings is 1. The molecule has 2 rings (SSSR count). The lowest BCUT2D eigenvalue weighted by Gasteiger charge is -2.11. The Morgan fingerprint density at radius 3 is 2.53 bits per heavy atom. The van der Waals surface area contributed by atoms with E-state index in [0.29, 0.717) is 12.0 Å². The van der Waals surface area contributed by atoms with Crippen LogP contribution in [-0.4, -0.2) is 28.8 Å². The minimum absolute atomic E-state index is 0.156. The minimum Gasteiger partial charge on any atom is -0.396 e. The monoisotopic (exact) mass is 264 g/mol. The maximum absolute atomic E-state index is 11.4. The quantitative estimate of drug-likeness (QED) is 0.463. The molecule has 1 aromatic rings. The molecule has 0 saturated heterocycles. The number of carbonyl (C=O) groups is 2. The van der Waals surface area contributed by atoms with Crippen molar-refractivity contribution in [3.63, 3.8) is 0 Å². The molecule has 0 amide bonds. The number of aliphatic hydroxyl groups is 2. The number of hydrogen-bond donors (Lipinski definition) is 2. The molecular formula is C14H16O5. The summed E-state index contributed by atoms with van der Waals surface area (Å²) in [5.41, 5.74) is 1.08. The zero-order valence-corrected chi connectivity index (χ0v) is 10.5. The molecule has 0 spiro atoms. The van der Waals surface area contributed by atoms with E-state index >= 15 is 0 Å². The van der Waals surface area contributed by atoms with Crippen LogP contribution >= 0.6 is 0 Å². The van der Waals surface area contributed by atoms with Gasteiger partial charge in [-0.25, -0.2) is 9.59 Å². The summed E-state index contributed by atoms with van der Waals surface area (Å²) in [7, 11) is 0. The molecule has 0 saturated carbocycles. The van der Waals surface area contributed by atoms with Gasteiger partial charge < -0.3 is 14.9 Å². The smallest absolute Gasteiger partial charge is 0.346 e. The van der Waals surface area contributed by atoms with Crippen LogP contribution in [0, 0.1) is 0 Å². The summed E-state index contributed by atoms with van der Waals surface area (Å²) >= 11 is 0. The van der Waals surface area contributed by atoms with Crippen molar-refractivity contribution in [2.45, 2.75) is 31.8 Å². The van der Waals surface area contributed by atoms with Gasteiger partial charge in [0, 0.05) is 6.61 Å². The van der Waals surface area contributed by atoms with Crippen molar-refractivity contribution in [1.82, 2.24) is 0 Å². The summed E-state index contributed by atoms with van der Waals surface area (Å²) in [6.07, 6.45) is 2.24. The lowest BCUT2D eigenvalue weighted by atomic mass is 9.99. The van der Waals surface area contributed by atoms with Crippen LogP contribution in [0.15, 0.2) is 18.2 Å². The summed E-state index contributed by atoms with van der Waals surface area (Å²) < 4.78 is 4.49. The van der Waals surface area contributed by atoms with Crippen LogP contribution < -0.4 is 0 Å². The average Bonchev–Trinajstić information content (AvgIpc) is 2.69. The van der Waals surface area contributed by atoms with Crippen LogP contribution in [0.2, 0.25) is 0 Å². The highest BCUT2D eigenvalue weighted by molar-refractivity contribution is 6.14. The number of esters is 2. The SMILES string of the molecule is O=C1OC(=O)c2cc(C(O)CCCCCO)ccc21. The van der Waals surface area contributed by atoms with Crippen molar-refractivity contribution < 1.29 is 24.5 Å². The Hall–Kier alpha value is -1.72. The van der Waals surface area contributed by atoms with Crippen molar-refractivity contribution in [2.75, 3.05) is 6.61 Å². The van der Waals surface area contributed by atoms with Gasteiger partial charge in [-0.05, 0) is 30.5 Å². The molecule has 1 atom stereocenters. The van der Waals surface area contributed by atoms with Crippen LogP contribution in [0.4, 0.5) is 0 Å². The summed E-state index contributed by atoms with van der Waals surface area (Å²) in [6, 6.07) is 4.66. The van der Waals surface area contributed by atoms with Crippen LogP contribution in [0.25, 0.3) is 0 Å². The van der Waals surface area contributed by atoms with Gasteiger partial charge in [0.2, 0.25) is 0 Å². The molecular weight excluding hydrogens is 248 g/mol. The van der Waals surface area contributed by atoms with E-state index in [1.54, 1.807) is 6.07 Å². The molecule has 1 aromatic carbocycles. The molecule has 1 aliphatic heterocycles. The van der Waals surface area contributed by atoms with E-state index < -0.39 is 18.0 Å². The van der Waals surface area contributed by atoms with E-state index in [9.17, 15) is 14.7 Å². The predicted octanol–water partition coefficient (Wildman–Crippen LogP) is 1.58. The Kier molecular flexibility index (Phi) is 4.29. The van der Waals surface area contributed by atoms with Gasteiger partial charge in [-0.15, -0.1) is 0 Å². The molecule has 1 aliphatic rings. The molecule has 5 nitrogen and oxygen atoms in total. The van der Waals surface area contributed by atoms with Crippen molar-refractivity contribution in [3.8, 4) is 0 Å². The van der Waals surface area contributed by atoms with E-state index in [1.165, 1.54) is 12.1 Å². The lowest BCUT2D eigenvalue weighted by molar-refractivity contribution is 0.0443. The Balaban J connectivity index is 2.04. The number of ether oxygens (including phenoxy) is 1. The third-order valence-corrected chi connectivity index (χ3v) is 3.19. The second-order valence-electron chi connectivity index (χ2n) is 4.57. The first-order valence-electron chi connectivity index (χ1n) is 6.33. The fourth-order valence-corrected chi connectivity index (χ4v) is 2.10. The van der Waals surface area contributed by atoms with Crippen LogP contribution in [0.5, 0.6) is 0 Å². The summed E-state index contributed by atoms with van der Waals surface area (Å²) in [4.78, 5) is 22.7. The van der Waals surface area contributed by atoms with Crippen LogP contribution in [0.3, 0.4) is 0 Å². The van der Waals surface area contributed by atoms with E-state index in [4.69, 9.17) is 5.11 Å². The van der Waals surface area contributed by atoms with Gasteiger partial charge in [0.15, 0.2) is 0 Å². The largest absolute Gasteiger partial charge is 0.396 e. The Morgan fingerprint density at radius 1 is 1.05 bits per heavy atom. The number of cyclic esters (lactones) is 2. The maximum Gasteiger partial charge on any atom is 0.346 e. The van der Waals surface area contributed by atoms with Gasteiger partial charge in [0.05, 0.1) is 17.2 Å². The number of rotatable bonds is 6. The molecule has 0 fully saturated rings. The molecule has 0 aliphatic carbocycles. The molecule has 0 bridgehead atoms. The van der Waals surface area contributed by atoms with E-state index in [2.05, 4.69) is 4.74 Å². The number of hydrogen-bond acceptors (Lipinski definition) is 5. The molecule has 19 heavy (non-hydrogen) atoms. The topological polar surface area (TPSA) is 83.8 Å². The van der Waals surface area contributed by atoms with Crippen molar-refractivity contribution in [1.29, 1.82) is 0 Å². The molecule has 0 radical (unpaired) electrons. The number of carbonyl (C=O) groups excluding carboxylic acids is 2. The van der Waals surface area contributed by atoms with Gasteiger partial charge in [-0.1, -0.05) is 18.9 Å². The first-order valence-corrected chi connectivity index (χ1v) is 6.33. The summed E-state index contributed by atoms with van der Waals surface area (Å²) in [5.74, 6) is -1.29. The normalized spacial score (nSPS) is 15.3. The number of aliphatic hydroxyl groups excluding tert-OH is 2. The second-order valence-corrected chi connectivity index (χ2v) is 4.57. The van der Waals surface area contributed by atoms with E-state index in [1.807, 2.05) is 0 Å². The van der Waals surface area contributed by atoms with Gasteiger partial charge in [0.1, 0.15) is 0 Å². The minimum atomic E-state index is -0.674. The highest BCUT2D eigenvalue weighted by Crippen LogP contribution is 2.26. The highest BCUT2D eigenvalue weighted by Gasteiger charge is 2.30. The molecule has 1 unspecified atom stereocenters. The lowest BCUT2D eigenvalue weighted by Crippen LogP contribution is -2.01. The fraction of sp³-hybridized carbons (Fsp3) is 0.429. The standard InChI is InChI=1S/C14H16O5/c15-7-3-1-2-4-12(16)9-5-6-10-11(8-9)14(18)19-13(10)17/h5-6,8,12,15-16H,1-4,7H2. The number of unbranched alkanes of at least 4 members (excludes halogenated alkanes) is 2. The highest BCUT2D eigenvalue weighted by atomic mass is 16.6. The molecule has 2 N–H and O–H groups in total. The summed E-state index contributed by atoms with van der Waals surface area (Å²) in [6.45, 7) is 0.156. The van der Waals surface area contributed by atoms with Gasteiger partial charge >= 0.3 is 11.9 Å². The predicted molar refractivity (Wildman–Crippen MR) is 66.7 cm³/mol. The van der Waals surface area contributed by atoms with Gasteiger partial charge in [-0.2, -0.15) is 0 Å². The van der Waals surface area contributed by atoms with Crippen LogP contribution in [-0.2, 0) is 4.74 Å². The summed E-state index contributed by atoms with van der Waals surface area (Å²) in [5, 5.41) is 18.7. The van der Waals surface area contributed by atoms with E-state index in [-0.39, 0.29) is 17.7 Å². The molecule has 1 heterocycles. The Morgan fingerprint density at radius 2 is 1.79 bits per heavy atom. The third-order valence-electron chi connectivity index (χ3n) is 3.19. The fourth-order valence-electron chi connectivity index (χ4n) is 2.10. The Labute approximate surface area is 110 Å². The average molecular weight is 264 g/mol. The third kappa shape index (κ3) is 3.00. The first-order chi connectivity index (χ1) is 9.13. The zero-order valence-electron chi connectivity index (χ0n) is 10.5.